The Morgan fingerprint density at radius 2 is 1.44 bits per heavy atom. The van der Waals surface area contributed by atoms with E-state index >= 15 is 0 Å². The molecule has 2 aliphatic rings. The van der Waals surface area contributed by atoms with Crippen molar-refractivity contribution in [2.45, 2.75) is 110 Å². The Kier molecular flexibility index (Phi) is 11.4. The molecule has 0 saturated heterocycles. The van der Waals surface area contributed by atoms with Gasteiger partial charge < -0.3 is 9.47 Å². The maximum atomic E-state index is 14.8. The van der Waals surface area contributed by atoms with Crippen molar-refractivity contribution in [2.75, 3.05) is 6.61 Å². The molecule has 1 aromatic carbocycles. The molecule has 0 spiro atoms. The SMILES string of the molecule is CCCCCC1CCC(/C=C/CCC2CCC(C(F)(F)Oc3ccc(OCC)c(F)c3F)CC2)CC1. The minimum atomic E-state index is -3.54. The molecule has 0 heterocycles. The number of hydrogen-bond donors (Lipinski definition) is 0. The zero-order chi connectivity index (χ0) is 26.0. The van der Waals surface area contributed by atoms with Gasteiger partial charge in [0.25, 0.3) is 0 Å². The summed E-state index contributed by atoms with van der Waals surface area (Å²) >= 11 is 0. The molecule has 2 aliphatic carbocycles. The van der Waals surface area contributed by atoms with Gasteiger partial charge in [0.15, 0.2) is 11.5 Å². The second-order valence-electron chi connectivity index (χ2n) is 10.8. The van der Waals surface area contributed by atoms with Crippen molar-refractivity contribution >= 4 is 0 Å². The quantitative estimate of drug-likeness (QED) is 0.149. The van der Waals surface area contributed by atoms with Crippen LogP contribution in [0.2, 0.25) is 0 Å². The highest BCUT2D eigenvalue weighted by Crippen LogP contribution is 2.42. The Morgan fingerprint density at radius 3 is 2.11 bits per heavy atom. The molecule has 6 heteroatoms. The van der Waals surface area contributed by atoms with Gasteiger partial charge in [0, 0.05) is 0 Å². The van der Waals surface area contributed by atoms with E-state index < -0.39 is 29.4 Å². The normalized spacial score (nSPS) is 25.3. The van der Waals surface area contributed by atoms with E-state index in [9.17, 15) is 17.6 Å². The molecule has 204 valence electrons. The maximum Gasteiger partial charge on any atom is 0.400 e. The lowest BCUT2D eigenvalue weighted by Crippen LogP contribution is -2.37. The van der Waals surface area contributed by atoms with Crippen LogP contribution in [0.1, 0.15) is 104 Å². The number of rotatable bonds is 13. The molecule has 1 aromatic rings. The number of alkyl halides is 2. The van der Waals surface area contributed by atoms with Crippen LogP contribution < -0.4 is 9.47 Å². The van der Waals surface area contributed by atoms with Crippen molar-refractivity contribution < 1.29 is 27.0 Å². The summed E-state index contributed by atoms with van der Waals surface area (Å²) in [4.78, 5) is 0. The molecule has 0 radical (unpaired) electrons. The summed E-state index contributed by atoms with van der Waals surface area (Å²) in [6.45, 7) is 4.03. The first-order valence-electron chi connectivity index (χ1n) is 14.2. The zero-order valence-corrected chi connectivity index (χ0v) is 22.1. The Hall–Kier alpha value is -1.72. The van der Waals surface area contributed by atoms with E-state index in [1.54, 1.807) is 6.92 Å². The van der Waals surface area contributed by atoms with Gasteiger partial charge in [-0.3, -0.25) is 0 Å². The second kappa shape index (κ2) is 14.3. The van der Waals surface area contributed by atoms with E-state index in [-0.39, 0.29) is 12.4 Å². The first-order valence-corrected chi connectivity index (χ1v) is 14.2. The summed E-state index contributed by atoms with van der Waals surface area (Å²) < 4.78 is 67.4. The van der Waals surface area contributed by atoms with Gasteiger partial charge in [0.2, 0.25) is 11.6 Å². The average Bonchev–Trinajstić information content (AvgIpc) is 2.88. The lowest BCUT2D eigenvalue weighted by Gasteiger charge is -2.33. The topological polar surface area (TPSA) is 18.5 Å². The van der Waals surface area contributed by atoms with Gasteiger partial charge in [-0.1, -0.05) is 44.8 Å². The average molecular weight is 513 g/mol. The van der Waals surface area contributed by atoms with E-state index in [0.717, 1.165) is 30.9 Å². The first kappa shape index (κ1) is 28.8. The number of hydrogen-bond acceptors (Lipinski definition) is 2. The first-order chi connectivity index (χ1) is 17.3. The number of ether oxygens (including phenoxy) is 2. The van der Waals surface area contributed by atoms with Gasteiger partial charge in [-0.05, 0) is 101 Å². The van der Waals surface area contributed by atoms with Gasteiger partial charge in [0.1, 0.15) is 0 Å². The highest BCUT2D eigenvalue weighted by molar-refractivity contribution is 5.35. The Morgan fingerprint density at radius 1 is 0.833 bits per heavy atom. The molecule has 3 rings (SSSR count). The van der Waals surface area contributed by atoms with E-state index in [4.69, 9.17) is 9.47 Å². The number of unbranched alkanes of at least 4 members (excludes halogenated alkanes) is 2. The molecule has 2 nitrogen and oxygen atoms in total. The summed E-state index contributed by atoms with van der Waals surface area (Å²) in [5.41, 5.74) is 0. The van der Waals surface area contributed by atoms with Crippen molar-refractivity contribution in [1.82, 2.24) is 0 Å². The summed E-state index contributed by atoms with van der Waals surface area (Å²) in [5.74, 6) is -2.77. The summed E-state index contributed by atoms with van der Waals surface area (Å²) in [5, 5.41) is 0. The molecular formula is C30H44F4O2. The minimum absolute atomic E-state index is 0.145. The van der Waals surface area contributed by atoms with E-state index in [1.807, 2.05) is 0 Å². The molecule has 0 aromatic heterocycles. The zero-order valence-electron chi connectivity index (χ0n) is 22.1. The van der Waals surface area contributed by atoms with Gasteiger partial charge in [-0.2, -0.15) is 17.6 Å². The Balaban J connectivity index is 1.36. The van der Waals surface area contributed by atoms with Crippen molar-refractivity contribution in [3.63, 3.8) is 0 Å². The van der Waals surface area contributed by atoms with Crippen LogP contribution in [0, 0.1) is 35.3 Å². The van der Waals surface area contributed by atoms with Gasteiger partial charge in [-0.25, -0.2) is 0 Å². The summed E-state index contributed by atoms with van der Waals surface area (Å²) in [7, 11) is 0. The molecule has 0 bridgehead atoms. The fourth-order valence-corrected chi connectivity index (χ4v) is 5.85. The predicted molar refractivity (Wildman–Crippen MR) is 137 cm³/mol. The molecule has 0 aliphatic heterocycles. The second-order valence-corrected chi connectivity index (χ2v) is 10.8. The van der Waals surface area contributed by atoms with Gasteiger partial charge >= 0.3 is 6.11 Å². The van der Waals surface area contributed by atoms with Gasteiger partial charge in [-0.15, -0.1) is 0 Å². The van der Waals surface area contributed by atoms with E-state index in [1.165, 1.54) is 51.4 Å². The van der Waals surface area contributed by atoms with Crippen LogP contribution in [-0.4, -0.2) is 12.7 Å². The molecule has 0 atom stereocenters. The molecular weight excluding hydrogens is 468 g/mol. The van der Waals surface area contributed by atoms with Gasteiger partial charge in [0.05, 0.1) is 12.5 Å². The fraction of sp³-hybridized carbons (Fsp3) is 0.733. The van der Waals surface area contributed by atoms with Crippen molar-refractivity contribution in [2.24, 2.45) is 23.7 Å². The molecule has 0 amide bonds. The number of allylic oxidation sites excluding steroid dienone is 2. The Labute approximate surface area is 214 Å². The van der Waals surface area contributed by atoms with Crippen molar-refractivity contribution in [1.29, 1.82) is 0 Å². The molecule has 36 heavy (non-hydrogen) atoms. The number of benzene rings is 1. The minimum Gasteiger partial charge on any atom is -0.491 e. The van der Waals surface area contributed by atoms with Crippen LogP contribution >= 0.6 is 0 Å². The standard InChI is InChI=1S/C30H44F4O2/c1-3-5-6-9-22-12-14-23(15-13-22)10-7-8-11-24-16-18-25(19-17-24)30(33,34)36-27-21-20-26(35-4-2)28(31)29(27)32/h7,10,20-25H,3-6,8-9,11-19H2,1-2H3/b10-7+. The smallest absolute Gasteiger partial charge is 0.400 e. The third kappa shape index (κ3) is 8.41. The van der Waals surface area contributed by atoms with Crippen LogP contribution in [0.15, 0.2) is 24.3 Å². The molecule has 0 unspecified atom stereocenters. The maximum absolute atomic E-state index is 14.8. The third-order valence-electron chi connectivity index (χ3n) is 8.14. The number of halogens is 4. The Bertz CT molecular complexity index is 809. The van der Waals surface area contributed by atoms with E-state index in [0.29, 0.717) is 37.5 Å². The molecule has 2 fully saturated rings. The van der Waals surface area contributed by atoms with Crippen LogP contribution in [0.25, 0.3) is 0 Å². The molecule has 2 saturated carbocycles. The van der Waals surface area contributed by atoms with Crippen LogP contribution in [-0.2, 0) is 0 Å². The van der Waals surface area contributed by atoms with Crippen molar-refractivity contribution in [3.05, 3.63) is 35.9 Å². The molecule has 0 N–H and O–H groups in total. The van der Waals surface area contributed by atoms with Crippen molar-refractivity contribution in [3.8, 4) is 11.5 Å². The fourth-order valence-electron chi connectivity index (χ4n) is 5.85. The third-order valence-corrected chi connectivity index (χ3v) is 8.14. The predicted octanol–water partition coefficient (Wildman–Crippen LogP) is 9.86. The lowest BCUT2D eigenvalue weighted by molar-refractivity contribution is -0.224. The van der Waals surface area contributed by atoms with Crippen LogP contribution in [0.5, 0.6) is 11.5 Å². The monoisotopic (exact) mass is 512 g/mol. The summed E-state index contributed by atoms with van der Waals surface area (Å²) in [6, 6.07) is 2.13. The highest BCUT2D eigenvalue weighted by Gasteiger charge is 2.44. The largest absolute Gasteiger partial charge is 0.491 e. The van der Waals surface area contributed by atoms with Crippen LogP contribution in [0.4, 0.5) is 17.6 Å². The highest BCUT2D eigenvalue weighted by atomic mass is 19.3. The van der Waals surface area contributed by atoms with E-state index in [2.05, 4.69) is 19.1 Å². The van der Waals surface area contributed by atoms with Crippen LogP contribution in [0.3, 0.4) is 0 Å². The summed E-state index contributed by atoms with van der Waals surface area (Å²) in [6.07, 6.45) is 15.9. The lowest BCUT2D eigenvalue weighted by atomic mass is 9.78.